The van der Waals surface area contributed by atoms with Gasteiger partial charge in [-0.25, -0.2) is 4.79 Å². The summed E-state index contributed by atoms with van der Waals surface area (Å²) in [6.45, 7) is 3.60. The van der Waals surface area contributed by atoms with Gasteiger partial charge in [0.05, 0.1) is 5.69 Å². The number of isocyanates is 1. The number of carbonyl (C=O) groups is 1. The second kappa shape index (κ2) is 5.65. The van der Waals surface area contributed by atoms with Gasteiger partial charge in [0, 0.05) is 31.7 Å². The van der Waals surface area contributed by atoms with Crippen LogP contribution in [0.15, 0.2) is 23.2 Å². The van der Waals surface area contributed by atoms with Crippen LogP contribution in [-0.4, -0.2) is 50.1 Å². The highest BCUT2D eigenvalue weighted by Gasteiger charge is 2.17. The number of hydrogen-bond acceptors (Lipinski definition) is 5. The van der Waals surface area contributed by atoms with E-state index in [1.165, 1.54) is 12.1 Å². The molecule has 2 N–H and O–H groups in total. The molecule has 1 aromatic carbocycles. The normalized spacial score (nSPS) is 15.9. The molecule has 1 amide bonds. The van der Waals surface area contributed by atoms with Crippen molar-refractivity contribution < 1.29 is 9.59 Å². The summed E-state index contributed by atoms with van der Waals surface area (Å²) in [5.41, 5.74) is 6.84. The van der Waals surface area contributed by atoms with Gasteiger partial charge < -0.3 is 15.5 Å². The summed E-state index contributed by atoms with van der Waals surface area (Å²) in [6.07, 6.45) is 1.52. The molecule has 1 heterocycles. The first-order valence-corrected chi connectivity index (χ1v) is 6.07. The fraction of sp³-hybridized carbons (Fsp3) is 0.385. The maximum absolute atomic E-state index is 11.1. The van der Waals surface area contributed by atoms with Crippen molar-refractivity contribution in [2.75, 3.05) is 38.1 Å². The van der Waals surface area contributed by atoms with Crippen molar-refractivity contribution in [2.24, 2.45) is 10.7 Å². The van der Waals surface area contributed by atoms with E-state index in [1.54, 1.807) is 12.1 Å². The minimum Gasteiger partial charge on any atom is -0.367 e. The molecule has 0 atom stereocenters. The van der Waals surface area contributed by atoms with E-state index >= 15 is 0 Å². The molecule has 1 aromatic rings. The van der Waals surface area contributed by atoms with Gasteiger partial charge in [-0.2, -0.15) is 4.99 Å². The molecule has 0 spiro atoms. The summed E-state index contributed by atoms with van der Waals surface area (Å²) in [7, 11) is 2.07. The lowest BCUT2D eigenvalue weighted by Crippen LogP contribution is -2.44. The van der Waals surface area contributed by atoms with E-state index in [0.29, 0.717) is 11.3 Å². The van der Waals surface area contributed by atoms with E-state index in [0.717, 1.165) is 31.9 Å². The zero-order valence-corrected chi connectivity index (χ0v) is 10.8. The first kappa shape index (κ1) is 13.3. The largest absolute Gasteiger partial charge is 0.367 e. The maximum atomic E-state index is 11.1. The molecule has 1 aliphatic rings. The van der Waals surface area contributed by atoms with Crippen molar-refractivity contribution >= 4 is 23.4 Å². The number of rotatable bonds is 3. The molecule has 1 saturated heterocycles. The predicted octanol–water partition coefficient (Wildman–Crippen LogP) is 0.505. The SMILES string of the molecule is CN1CCN(c2ccc(C(N)=O)cc2N=C=O)CC1. The summed E-state index contributed by atoms with van der Waals surface area (Å²) in [5.74, 6) is -0.535. The third-order valence-corrected chi connectivity index (χ3v) is 3.27. The van der Waals surface area contributed by atoms with Gasteiger partial charge >= 0.3 is 0 Å². The Hall–Kier alpha value is -2.17. The van der Waals surface area contributed by atoms with Crippen molar-refractivity contribution in [3.8, 4) is 0 Å². The molecule has 1 aliphatic heterocycles. The minimum atomic E-state index is -0.535. The molecule has 0 aliphatic carbocycles. The van der Waals surface area contributed by atoms with Crippen molar-refractivity contribution in [3.63, 3.8) is 0 Å². The van der Waals surface area contributed by atoms with Crippen LogP contribution in [0.3, 0.4) is 0 Å². The predicted molar refractivity (Wildman–Crippen MR) is 72.5 cm³/mol. The second-order valence-corrected chi connectivity index (χ2v) is 4.56. The van der Waals surface area contributed by atoms with Crippen molar-refractivity contribution in [2.45, 2.75) is 0 Å². The van der Waals surface area contributed by atoms with Crippen molar-refractivity contribution in [1.82, 2.24) is 4.90 Å². The van der Waals surface area contributed by atoms with Crippen LogP contribution in [0.4, 0.5) is 11.4 Å². The van der Waals surface area contributed by atoms with Gasteiger partial charge in [-0.05, 0) is 25.2 Å². The van der Waals surface area contributed by atoms with Crippen LogP contribution < -0.4 is 10.6 Å². The summed E-state index contributed by atoms with van der Waals surface area (Å²) in [4.78, 5) is 29.7. The highest BCUT2D eigenvalue weighted by molar-refractivity contribution is 5.95. The van der Waals surface area contributed by atoms with E-state index in [9.17, 15) is 9.59 Å². The smallest absolute Gasteiger partial charge is 0.248 e. The average molecular weight is 260 g/mol. The van der Waals surface area contributed by atoms with E-state index < -0.39 is 5.91 Å². The standard InChI is InChI=1S/C13H16N4O2/c1-16-4-6-17(7-5-16)12-3-2-10(13(14)19)8-11(12)15-9-18/h2-3,8H,4-7H2,1H3,(H2,14,19). The fourth-order valence-corrected chi connectivity index (χ4v) is 2.13. The molecule has 0 unspecified atom stereocenters. The van der Waals surface area contributed by atoms with Gasteiger partial charge in [0.2, 0.25) is 12.0 Å². The van der Waals surface area contributed by atoms with Crippen molar-refractivity contribution in [1.29, 1.82) is 0 Å². The van der Waals surface area contributed by atoms with Gasteiger partial charge in [-0.1, -0.05) is 0 Å². The number of benzene rings is 1. The molecule has 0 aromatic heterocycles. The monoisotopic (exact) mass is 260 g/mol. The lowest BCUT2D eigenvalue weighted by molar-refractivity contribution is 0.100. The third-order valence-electron chi connectivity index (χ3n) is 3.27. The topological polar surface area (TPSA) is 79.0 Å². The summed E-state index contributed by atoms with van der Waals surface area (Å²) in [5, 5.41) is 0. The van der Waals surface area contributed by atoms with E-state index in [-0.39, 0.29) is 0 Å². The van der Waals surface area contributed by atoms with Crippen LogP contribution in [0.2, 0.25) is 0 Å². The van der Waals surface area contributed by atoms with Crippen LogP contribution in [0.25, 0.3) is 0 Å². The highest BCUT2D eigenvalue weighted by atomic mass is 16.1. The number of carbonyl (C=O) groups excluding carboxylic acids is 2. The Labute approximate surface area is 111 Å². The fourth-order valence-electron chi connectivity index (χ4n) is 2.13. The number of aliphatic imine (C=N–C) groups is 1. The Balaban J connectivity index is 2.33. The molecule has 6 nitrogen and oxygen atoms in total. The van der Waals surface area contributed by atoms with E-state index in [4.69, 9.17) is 5.73 Å². The highest BCUT2D eigenvalue weighted by Crippen LogP contribution is 2.30. The first-order valence-electron chi connectivity index (χ1n) is 6.07. The average Bonchev–Trinajstić information content (AvgIpc) is 2.40. The number of amides is 1. The number of nitrogens with two attached hydrogens (primary N) is 1. The zero-order valence-electron chi connectivity index (χ0n) is 10.8. The molecular weight excluding hydrogens is 244 g/mol. The number of nitrogens with zero attached hydrogens (tertiary/aromatic N) is 3. The molecular formula is C13H16N4O2. The first-order chi connectivity index (χ1) is 9.11. The molecule has 0 radical (unpaired) electrons. The van der Waals surface area contributed by atoms with Crippen LogP contribution in [-0.2, 0) is 4.79 Å². The van der Waals surface area contributed by atoms with Crippen LogP contribution in [0, 0.1) is 0 Å². The lowest BCUT2D eigenvalue weighted by atomic mass is 10.1. The Morgan fingerprint density at radius 1 is 1.32 bits per heavy atom. The number of primary amides is 1. The summed E-state index contributed by atoms with van der Waals surface area (Å²) < 4.78 is 0. The van der Waals surface area contributed by atoms with Crippen molar-refractivity contribution in [3.05, 3.63) is 23.8 Å². The summed E-state index contributed by atoms with van der Waals surface area (Å²) in [6, 6.07) is 4.96. The number of likely N-dealkylation sites (N-methyl/N-ethyl adjacent to an activating group) is 1. The molecule has 1 fully saturated rings. The van der Waals surface area contributed by atoms with E-state index in [2.05, 4.69) is 21.8 Å². The van der Waals surface area contributed by atoms with Gasteiger partial charge in [0.15, 0.2) is 0 Å². The minimum absolute atomic E-state index is 0.340. The molecule has 19 heavy (non-hydrogen) atoms. The van der Waals surface area contributed by atoms with Crippen LogP contribution in [0.5, 0.6) is 0 Å². The Kier molecular flexibility index (Phi) is 3.94. The Morgan fingerprint density at radius 3 is 2.58 bits per heavy atom. The van der Waals surface area contributed by atoms with Crippen LogP contribution in [0.1, 0.15) is 10.4 Å². The van der Waals surface area contributed by atoms with Gasteiger partial charge in [0.25, 0.3) is 0 Å². The molecule has 100 valence electrons. The van der Waals surface area contributed by atoms with Gasteiger partial charge in [0.1, 0.15) is 5.69 Å². The number of hydrogen-bond donors (Lipinski definition) is 1. The zero-order chi connectivity index (χ0) is 13.8. The second-order valence-electron chi connectivity index (χ2n) is 4.56. The maximum Gasteiger partial charge on any atom is 0.248 e. The van der Waals surface area contributed by atoms with Gasteiger partial charge in [-0.3, -0.25) is 4.79 Å². The quantitative estimate of drug-likeness (QED) is 0.634. The van der Waals surface area contributed by atoms with Crippen LogP contribution >= 0.6 is 0 Å². The van der Waals surface area contributed by atoms with Gasteiger partial charge in [-0.15, -0.1) is 0 Å². The van der Waals surface area contributed by atoms with E-state index in [1.807, 2.05) is 0 Å². The lowest BCUT2D eigenvalue weighted by Gasteiger charge is -2.34. The Bertz CT molecular complexity index is 529. The molecule has 2 rings (SSSR count). The molecule has 0 saturated carbocycles. The third kappa shape index (κ3) is 2.99. The summed E-state index contributed by atoms with van der Waals surface area (Å²) >= 11 is 0. The Morgan fingerprint density at radius 2 is 2.00 bits per heavy atom. The molecule has 6 heteroatoms. The molecule has 0 bridgehead atoms. The number of piperazine rings is 1. The number of anilines is 1.